The van der Waals surface area contributed by atoms with Gasteiger partial charge in [-0.15, -0.1) is 0 Å². The highest BCUT2D eigenvalue weighted by Crippen LogP contribution is 2.34. The van der Waals surface area contributed by atoms with Gasteiger partial charge >= 0.3 is 0 Å². The Bertz CT molecular complexity index is 918. The van der Waals surface area contributed by atoms with Gasteiger partial charge in [0, 0.05) is 0 Å². The van der Waals surface area contributed by atoms with Gasteiger partial charge in [-0.05, 0) is 59.4 Å². The molecule has 0 radical (unpaired) electrons. The molecule has 1 N–H and O–H groups in total. The van der Waals surface area contributed by atoms with Crippen LogP contribution in [-0.4, -0.2) is 26.4 Å². The van der Waals surface area contributed by atoms with E-state index in [9.17, 15) is 5.11 Å². The number of phenolic OH excluding ortho intramolecular Hbond substituents is 1. The van der Waals surface area contributed by atoms with Crippen molar-refractivity contribution in [1.82, 2.24) is 0 Å². The first-order chi connectivity index (χ1) is 13.2. The third kappa shape index (κ3) is 4.17. The van der Waals surface area contributed by atoms with E-state index in [1.807, 2.05) is 36.4 Å². The van der Waals surface area contributed by atoms with Crippen LogP contribution in [0.5, 0.6) is 23.0 Å². The number of hydrogen-bond acceptors (Lipinski definition) is 4. The molecule has 0 bridgehead atoms. The number of aromatic hydroxyl groups is 1. The summed E-state index contributed by atoms with van der Waals surface area (Å²) in [6.45, 7) is 0. The summed E-state index contributed by atoms with van der Waals surface area (Å²) >= 11 is 0. The molecule has 0 amide bonds. The van der Waals surface area contributed by atoms with Gasteiger partial charge in [0.15, 0.2) is 23.0 Å². The fourth-order valence-corrected chi connectivity index (χ4v) is 3.18. The van der Waals surface area contributed by atoms with E-state index in [0.29, 0.717) is 11.5 Å². The maximum atomic E-state index is 9.76. The van der Waals surface area contributed by atoms with Crippen LogP contribution in [0.1, 0.15) is 11.1 Å². The Morgan fingerprint density at radius 2 is 1.44 bits per heavy atom. The van der Waals surface area contributed by atoms with Crippen LogP contribution in [0.2, 0.25) is 0 Å². The molecule has 3 aromatic carbocycles. The van der Waals surface area contributed by atoms with Crippen molar-refractivity contribution in [2.45, 2.75) is 12.8 Å². The Hall–Kier alpha value is -3.14. The average molecular weight is 364 g/mol. The summed E-state index contributed by atoms with van der Waals surface area (Å²) in [6.07, 6.45) is 1.72. The Balaban J connectivity index is 1.86. The molecule has 0 saturated carbocycles. The van der Waals surface area contributed by atoms with Crippen LogP contribution >= 0.6 is 0 Å². The minimum absolute atomic E-state index is 0.159. The number of benzene rings is 3. The van der Waals surface area contributed by atoms with Crippen molar-refractivity contribution in [2.24, 2.45) is 0 Å². The molecule has 3 aromatic rings. The van der Waals surface area contributed by atoms with E-state index in [1.54, 1.807) is 27.4 Å². The van der Waals surface area contributed by atoms with Gasteiger partial charge in [-0.1, -0.05) is 36.4 Å². The molecule has 0 atom stereocenters. The molecule has 4 heteroatoms. The van der Waals surface area contributed by atoms with Gasteiger partial charge in [0.1, 0.15) is 0 Å². The third-order valence-corrected chi connectivity index (χ3v) is 4.64. The molecule has 0 unspecified atom stereocenters. The van der Waals surface area contributed by atoms with Gasteiger partial charge in [-0.2, -0.15) is 0 Å². The first kappa shape index (κ1) is 18.6. The molecule has 27 heavy (non-hydrogen) atoms. The predicted octanol–water partition coefficient (Wildman–Crippen LogP) is 4.87. The highest BCUT2D eigenvalue weighted by atomic mass is 16.5. The van der Waals surface area contributed by atoms with Gasteiger partial charge in [0.25, 0.3) is 0 Å². The summed E-state index contributed by atoms with van der Waals surface area (Å²) < 4.78 is 16.0. The highest BCUT2D eigenvalue weighted by molar-refractivity contribution is 5.70. The lowest BCUT2D eigenvalue weighted by Crippen LogP contribution is -1.96. The summed E-state index contributed by atoms with van der Waals surface area (Å²) in [4.78, 5) is 0. The lowest BCUT2D eigenvalue weighted by Gasteiger charge is -2.13. The van der Waals surface area contributed by atoms with Gasteiger partial charge < -0.3 is 19.3 Å². The van der Waals surface area contributed by atoms with Crippen molar-refractivity contribution in [2.75, 3.05) is 21.3 Å². The Kier molecular flexibility index (Phi) is 5.87. The quantitative estimate of drug-likeness (QED) is 0.650. The summed E-state index contributed by atoms with van der Waals surface area (Å²) in [5.74, 6) is 2.09. The molecule has 140 valence electrons. The molecule has 0 aliphatic carbocycles. The topological polar surface area (TPSA) is 47.9 Å². The van der Waals surface area contributed by atoms with E-state index >= 15 is 0 Å². The molecule has 0 aliphatic heterocycles. The van der Waals surface area contributed by atoms with Crippen LogP contribution in [0.4, 0.5) is 0 Å². The van der Waals surface area contributed by atoms with E-state index in [2.05, 4.69) is 18.2 Å². The third-order valence-electron chi connectivity index (χ3n) is 4.64. The second-order valence-corrected chi connectivity index (χ2v) is 6.23. The van der Waals surface area contributed by atoms with Crippen molar-refractivity contribution >= 4 is 0 Å². The lowest BCUT2D eigenvalue weighted by atomic mass is 9.95. The van der Waals surface area contributed by atoms with Crippen LogP contribution < -0.4 is 14.2 Å². The summed E-state index contributed by atoms with van der Waals surface area (Å²) in [5.41, 5.74) is 4.62. The molecule has 0 aliphatic rings. The number of hydrogen-bond donors (Lipinski definition) is 1. The van der Waals surface area contributed by atoms with Crippen LogP contribution in [0, 0.1) is 0 Å². The maximum Gasteiger partial charge on any atom is 0.161 e. The molecular formula is C23H24O4. The largest absolute Gasteiger partial charge is 0.504 e. The highest BCUT2D eigenvalue weighted by Gasteiger charge is 2.10. The van der Waals surface area contributed by atoms with Crippen LogP contribution in [0.25, 0.3) is 11.1 Å². The van der Waals surface area contributed by atoms with E-state index in [4.69, 9.17) is 14.2 Å². The molecular weight excluding hydrogens is 340 g/mol. The number of ether oxygens (including phenoxy) is 3. The first-order valence-electron chi connectivity index (χ1n) is 8.82. The Morgan fingerprint density at radius 1 is 0.704 bits per heavy atom. The van der Waals surface area contributed by atoms with Gasteiger partial charge in [0.05, 0.1) is 21.3 Å². The monoisotopic (exact) mass is 364 g/mol. The SMILES string of the molecule is COc1cc(CCc2ccccc2-c2ccc(OC)c(OC)c2)ccc1O. The second-order valence-electron chi connectivity index (χ2n) is 6.23. The smallest absolute Gasteiger partial charge is 0.161 e. The molecule has 3 rings (SSSR count). The van der Waals surface area contributed by atoms with Crippen molar-refractivity contribution in [1.29, 1.82) is 0 Å². The van der Waals surface area contributed by atoms with Gasteiger partial charge in [0.2, 0.25) is 0 Å². The molecule has 4 nitrogen and oxygen atoms in total. The van der Waals surface area contributed by atoms with Crippen molar-refractivity contribution < 1.29 is 19.3 Å². The van der Waals surface area contributed by atoms with Crippen LogP contribution in [0.3, 0.4) is 0 Å². The van der Waals surface area contributed by atoms with E-state index < -0.39 is 0 Å². The maximum absolute atomic E-state index is 9.76. The van der Waals surface area contributed by atoms with Crippen molar-refractivity contribution in [3.05, 3.63) is 71.8 Å². The fraction of sp³-hybridized carbons (Fsp3) is 0.217. The normalized spacial score (nSPS) is 10.5. The Morgan fingerprint density at radius 3 is 2.19 bits per heavy atom. The zero-order chi connectivity index (χ0) is 19.2. The standard InChI is InChI=1S/C23H24O4/c1-25-21-13-11-18(15-23(21)27-3)19-7-5-4-6-17(19)10-8-16-9-12-20(24)22(14-16)26-2/h4-7,9,11-15,24H,8,10H2,1-3H3. The van der Waals surface area contributed by atoms with Crippen molar-refractivity contribution in [3.63, 3.8) is 0 Å². The zero-order valence-corrected chi connectivity index (χ0v) is 15.9. The predicted molar refractivity (Wildman–Crippen MR) is 107 cm³/mol. The van der Waals surface area contributed by atoms with Crippen LogP contribution in [-0.2, 0) is 12.8 Å². The first-order valence-corrected chi connectivity index (χ1v) is 8.82. The van der Waals surface area contributed by atoms with E-state index in [-0.39, 0.29) is 5.75 Å². The number of phenols is 1. The number of methoxy groups -OCH3 is 3. The summed E-state index contributed by atoms with van der Waals surface area (Å²) in [7, 11) is 4.84. The molecule has 0 heterocycles. The second kappa shape index (κ2) is 8.49. The summed E-state index contributed by atoms with van der Waals surface area (Å²) in [5, 5.41) is 9.76. The fourth-order valence-electron chi connectivity index (χ4n) is 3.18. The zero-order valence-electron chi connectivity index (χ0n) is 15.9. The van der Waals surface area contributed by atoms with E-state index in [1.165, 1.54) is 11.1 Å². The van der Waals surface area contributed by atoms with Gasteiger partial charge in [-0.3, -0.25) is 0 Å². The number of rotatable bonds is 7. The minimum Gasteiger partial charge on any atom is -0.504 e. The van der Waals surface area contributed by atoms with E-state index in [0.717, 1.165) is 29.7 Å². The molecule has 0 aromatic heterocycles. The average Bonchev–Trinajstić information content (AvgIpc) is 2.72. The molecule has 0 saturated heterocycles. The number of aryl methyl sites for hydroxylation is 2. The van der Waals surface area contributed by atoms with Crippen LogP contribution in [0.15, 0.2) is 60.7 Å². The minimum atomic E-state index is 0.159. The Labute approximate surface area is 160 Å². The molecule has 0 spiro atoms. The van der Waals surface area contributed by atoms with Crippen molar-refractivity contribution in [3.8, 4) is 34.1 Å². The summed E-state index contributed by atoms with van der Waals surface area (Å²) in [6, 6.07) is 19.8. The molecule has 0 fully saturated rings. The lowest BCUT2D eigenvalue weighted by molar-refractivity contribution is 0.355. The van der Waals surface area contributed by atoms with Gasteiger partial charge in [-0.25, -0.2) is 0 Å².